The van der Waals surface area contributed by atoms with Gasteiger partial charge in [0.05, 0.1) is 25.0 Å². The van der Waals surface area contributed by atoms with E-state index < -0.39 is 5.97 Å². The number of hydrogen-bond acceptors (Lipinski definition) is 7. The van der Waals surface area contributed by atoms with E-state index in [0.717, 1.165) is 0 Å². The lowest BCUT2D eigenvalue weighted by Gasteiger charge is -2.11. The summed E-state index contributed by atoms with van der Waals surface area (Å²) in [5.41, 5.74) is 1.85. The molecular weight excluding hydrogens is 372 g/mol. The van der Waals surface area contributed by atoms with E-state index in [1.54, 1.807) is 36.4 Å². The lowest BCUT2D eigenvalue weighted by atomic mass is 10.2. The normalized spacial score (nSPS) is 10.1. The lowest BCUT2D eigenvalue weighted by Crippen LogP contribution is -2.15. The molecule has 1 heterocycles. The minimum Gasteiger partial charge on any atom is -0.492 e. The molecule has 2 aromatic carbocycles. The van der Waals surface area contributed by atoms with Crippen LogP contribution in [-0.4, -0.2) is 35.6 Å². The highest BCUT2D eigenvalue weighted by atomic mass is 16.5. The summed E-state index contributed by atoms with van der Waals surface area (Å²) in [6.45, 7) is 2.36. The SMILES string of the molecule is CCOc1ccccc1NC(=O)c1ccnc(Nc2ccc(C(=O)OC)cc2)n1. The van der Waals surface area contributed by atoms with E-state index in [0.29, 0.717) is 29.3 Å². The molecule has 0 atom stereocenters. The average molecular weight is 392 g/mol. The summed E-state index contributed by atoms with van der Waals surface area (Å²) in [6, 6.07) is 15.3. The van der Waals surface area contributed by atoms with Gasteiger partial charge in [-0.05, 0) is 49.4 Å². The second kappa shape index (κ2) is 9.32. The molecule has 0 bridgehead atoms. The zero-order valence-electron chi connectivity index (χ0n) is 16.0. The van der Waals surface area contributed by atoms with Crippen LogP contribution in [-0.2, 0) is 4.74 Å². The molecule has 0 aliphatic heterocycles. The van der Waals surface area contributed by atoms with Crippen LogP contribution in [0.3, 0.4) is 0 Å². The van der Waals surface area contributed by atoms with Crippen molar-refractivity contribution in [2.24, 2.45) is 0 Å². The highest BCUT2D eigenvalue weighted by molar-refractivity contribution is 6.03. The van der Waals surface area contributed by atoms with E-state index in [2.05, 4.69) is 25.3 Å². The van der Waals surface area contributed by atoms with E-state index in [-0.39, 0.29) is 17.5 Å². The van der Waals surface area contributed by atoms with Crippen LogP contribution in [0.2, 0.25) is 0 Å². The van der Waals surface area contributed by atoms with Crippen molar-refractivity contribution in [2.75, 3.05) is 24.4 Å². The minimum absolute atomic E-state index is 0.194. The maximum absolute atomic E-state index is 12.6. The van der Waals surface area contributed by atoms with Crippen LogP contribution in [0.25, 0.3) is 0 Å². The van der Waals surface area contributed by atoms with Gasteiger partial charge in [0.2, 0.25) is 5.95 Å². The largest absolute Gasteiger partial charge is 0.492 e. The van der Waals surface area contributed by atoms with Crippen LogP contribution in [0.5, 0.6) is 5.75 Å². The first kappa shape index (κ1) is 19.8. The number of nitrogens with one attached hydrogen (secondary N) is 2. The van der Waals surface area contributed by atoms with Crippen molar-refractivity contribution in [3.63, 3.8) is 0 Å². The van der Waals surface area contributed by atoms with Gasteiger partial charge < -0.3 is 20.1 Å². The average Bonchev–Trinajstić information content (AvgIpc) is 2.75. The van der Waals surface area contributed by atoms with Gasteiger partial charge in [0.25, 0.3) is 5.91 Å². The molecule has 0 aliphatic rings. The van der Waals surface area contributed by atoms with E-state index in [9.17, 15) is 9.59 Å². The van der Waals surface area contributed by atoms with Crippen molar-refractivity contribution in [1.29, 1.82) is 0 Å². The Balaban J connectivity index is 1.72. The van der Waals surface area contributed by atoms with Crippen LogP contribution in [0.4, 0.5) is 17.3 Å². The maximum atomic E-state index is 12.6. The van der Waals surface area contributed by atoms with Gasteiger partial charge in [-0.25, -0.2) is 14.8 Å². The smallest absolute Gasteiger partial charge is 0.337 e. The summed E-state index contributed by atoms with van der Waals surface area (Å²) >= 11 is 0. The van der Waals surface area contributed by atoms with Crippen molar-refractivity contribution in [2.45, 2.75) is 6.92 Å². The van der Waals surface area contributed by atoms with Gasteiger partial charge in [0.15, 0.2) is 0 Å². The summed E-state index contributed by atoms with van der Waals surface area (Å²) in [4.78, 5) is 32.5. The molecule has 0 saturated carbocycles. The summed E-state index contributed by atoms with van der Waals surface area (Å²) < 4.78 is 10.2. The molecular formula is C21H20N4O4. The van der Waals surface area contributed by atoms with Gasteiger partial charge in [-0.2, -0.15) is 0 Å². The monoisotopic (exact) mass is 392 g/mol. The number of carbonyl (C=O) groups excluding carboxylic acids is 2. The minimum atomic E-state index is -0.418. The van der Waals surface area contributed by atoms with Gasteiger partial charge in [0, 0.05) is 11.9 Å². The van der Waals surface area contributed by atoms with Gasteiger partial charge in [-0.15, -0.1) is 0 Å². The van der Waals surface area contributed by atoms with Crippen LogP contribution in [0.15, 0.2) is 60.8 Å². The molecule has 148 valence electrons. The fourth-order valence-corrected chi connectivity index (χ4v) is 2.52. The zero-order chi connectivity index (χ0) is 20.6. The number of rotatable bonds is 7. The van der Waals surface area contributed by atoms with Crippen LogP contribution in [0, 0.1) is 0 Å². The van der Waals surface area contributed by atoms with E-state index in [4.69, 9.17) is 4.74 Å². The van der Waals surface area contributed by atoms with Crippen molar-refractivity contribution < 1.29 is 19.1 Å². The quantitative estimate of drug-likeness (QED) is 0.592. The van der Waals surface area contributed by atoms with Crippen molar-refractivity contribution in [3.05, 3.63) is 72.1 Å². The lowest BCUT2D eigenvalue weighted by molar-refractivity contribution is 0.0600. The Morgan fingerprint density at radius 3 is 2.52 bits per heavy atom. The van der Waals surface area contributed by atoms with E-state index in [1.807, 2.05) is 19.1 Å². The molecule has 8 nitrogen and oxygen atoms in total. The first-order valence-electron chi connectivity index (χ1n) is 8.92. The molecule has 2 N–H and O–H groups in total. The Kier molecular flexibility index (Phi) is 6.36. The molecule has 29 heavy (non-hydrogen) atoms. The molecule has 8 heteroatoms. The van der Waals surface area contributed by atoms with Crippen LogP contribution < -0.4 is 15.4 Å². The highest BCUT2D eigenvalue weighted by Gasteiger charge is 2.12. The van der Waals surface area contributed by atoms with Gasteiger partial charge in [-0.3, -0.25) is 4.79 Å². The molecule has 0 radical (unpaired) electrons. The third kappa shape index (κ3) is 5.07. The Morgan fingerprint density at radius 1 is 1.03 bits per heavy atom. The second-order valence-electron chi connectivity index (χ2n) is 5.84. The number of aromatic nitrogens is 2. The number of esters is 1. The molecule has 0 fully saturated rings. The topological polar surface area (TPSA) is 102 Å². The maximum Gasteiger partial charge on any atom is 0.337 e. The summed E-state index contributed by atoms with van der Waals surface area (Å²) in [6.07, 6.45) is 1.49. The number of hydrogen-bond donors (Lipinski definition) is 2. The third-order valence-corrected chi connectivity index (χ3v) is 3.89. The predicted molar refractivity (Wildman–Crippen MR) is 109 cm³/mol. The van der Waals surface area contributed by atoms with Crippen LogP contribution in [0.1, 0.15) is 27.8 Å². The molecule has 0 saturated heterocycles. The first-order chi connectivity index (χ1) is 14.1. The number of para-hydroxylation sites is 2. The predicted octanol–water partition coefficient (Wildman–Crippen LogP) is 3.66. The van der Waals surface area contributed by atoms with Crippen molar-refractivity contribution >= 4 is 29.2 Å². The molecule has 3 rings (SSSR count). The van der Waals surface area contributed by atoms with Crippen molar-refractivity contribution in [3.8, 4) is 5.75 Å². The second-order valence-corrected chi connectivity index (χ2v) is 5.84. The highest BCUT2D eigenvalue weighted by Crippen LogP contribution is 2.24. The van der Waals surface area contributed by atoms with Gasteiger partial charge in [-0.1, -0.05) is 12.1 Å². The first-order valence-corrected chi connectivity index (χ1v) is 8.92. The number of carbonyl (C=O) groups is 2. The summed E-state index contributed by atoms with van der Waals surface area (Å²) in [7, 11) is 1.33. The zero-order valence-corrected chi connectivity index (χ0v) is 16.0. The van der Waals surface area contributed by atoms with Gasteiger partial charge >= 0.3 is 5.97 Å². The summed E-state index contributed by atoms with van der Waals surface area (Å²) in [5.74, 6) is 0.0328. The third-order valence-electron chi connectivity index (χ3n) is 3.89. The number of nitrogens with zero attached hydrogens (tertiary/aromatic N) is 2. The molecule has 0 aliphatic carbocycles. The van der Waals surface area contributed by atoms with Crippen LogP contribution >= 0.6 is 0 Å². The van der Waals surface area contributed by atoms with E-state index in [1.165, 1.54) is 19.4 Å². The molecule has 1 aromatic heterocycles. The number of methoxy groups -OCH3 is 1. The Bertz CT molecular complexity index is 1010. The van der Waals surface area contributed by atoms with Gasteiger partial charge in [0.1, 0.15) is 11.4 Å². The molecule has 3 aromatic rings. The molecule has 0 spiro atoms. The standard InChI is InChI=1S/C21H20N4O4/c1-3-29-18-7-5-4-6-16(18)24-19(26)17-12-13-22-21(25-17)23-15-10-8-14(9-11-15)20(27)28-2/h4-13H,3H2,1-2H3,(H,24,26)(H,22,23,25). The number of ether oxygens (including phenoxy) is 2. The Hall–Kier alpha value is -3.94. The summed E-state index contributed by atoms with van der Waals surface area (Å²) in [5, 5.41) is 5.80. The molecule has 1 amide bonds. The number of benzene rings is 2. The fourth-order valence-electron chi connectivity index (χ4n) is 2.52. The number of amides is 1. The Labute approximate surface area is 167 Å². The number of anilines is 3. The fraction of sp³-hybridized carbons (Fsp3) is 0.143. The van der Waals surface area contributed by atoms with Crippen molar-refractivity contribution in [1.82, 2.24) is 9.97 Å². The molecule has 0 unspecified atom stereocenters. The van der Waals surface area contributed by atoms with E-state index >= 15 is 0 Å². The Morgan fingerprint density at radius 2 is 1.79 bits per heavy atom.